The van der Waals surface area contributed by atoms with E-state index in [9.17, 15) is 4.79 Å². The Morgan fingerprint density at radius 1 is 0.889 bits per heavy atom. The molecule has 180 valence electrons. The predicted molar refractivity (Wildman–Crippen MR) is 144 cm³/mol. The molecule has 36 heavy (non-hydrogen) atoms. The fourth-order valence-corrected chi connectivity index (χ4v) is 4.87. The molecule has 1 atom stereocenters. The Labute approximate surface area is 212 Å². The number of rotatable bonds is 8. The van der Waals surface area contributed by atoms with Crippen LogP contribution in [0.15, 0.2) is 108 Å². The fourth-order valence-electron chi connectivity index (χ4n) is 4.87. The molecule has 4 nitrogen and oxygen atoms in total. The molecular weight excluding hydrogens is 444 g/mol. The lowest BCUT2D eigenvalue weighted by Gasteiger charge is -2.19. The van der Waals surface area contributed by atoms with E-state index in [1.807, 2.05) is 54.6 Å². The Hall–Kier alpha value is -4.18. The molecule has 0 heterocycles. The Morgan fingerprint density at radius 2 is 1.53 bits per heavy atom. The standard InChI is InChI=1S/C32H30N2O2/c1-23-8-6-12-27(18-23)32(28-13-7-9-24(2)19-28)20-30(32)31(35)34-33-21-25-14-16-29(17-15-25)36-22-26-10-4-3-5-11-26/h3-19,21,30H,20,22H2,1-2H3,(H,34,35)/b33-21-/t30-/m1/s1. The van der Waals surface area contributed by atoms with E-state index in [1.165, 1.54) is 22.3 Å². The van der Waals surface area contributed by atoms with E-state index in [-0.39, 0.29) is 17.2 Å². The number of ether oxygens (including phenoxy) is 1. The van der Waals surface area contributed by atoms with Crippen LogP contribution in [0.4, 0.5) is 0 Å². The molecule has 1 N–H and O–H groups in total. The van der Waals surface area contributed by atoms with Crippen LogP contribution in [0.25, 0.3) is 0 Å². The third-order valence-electron chi connectivity index (χ3n) is 6.86. The zero-order valence-electron chi connectivity index (χ0n) is 20.6. The van der Waals surface area contributed by atoms with Crippen molar-refractivity contribution in [3.63, 3.8) is 0 Å². The van der Waals surface area contributed by atoms with Crippen molar-refractivity contribution < 1.29 is 9.53 Å². The lowest BCUT2D eigenvalue weighted by atomic mass is 9.84. The van der Waals surface area contributed by atoms with Crippen molar-refractivity contribution in [3.05, 3.63) is 137 Å². The van der Waals surface area contributed by atoms with Crippen LogP contribution in [0, 0.1) is 19.8 Å². The average Bonchev–Trinajstić information content (AvgIpc) is 3.66. The topological polar surface area (TPSA) is 50.7 Å². The van der Waals surface area contributed by atoms with Gasteiger partial charge in [-0.2, -0.15) is 5.10 Å². The summed E-state index contributed by atoms with van der Waals surface area (Å²) in [6, 6.07) is 34.7. The number of carbonyl (C=O) groups excluding carboxylic acids is 1. The molecule has 1 fully saturated rings. The number of hydrogen-bond donors (Lipinski definition) is 1. The Morgan fingerprint density at radius 3 is 2.14 bits per heavy atom. The van der Waals surface area contributed by atoms with Gasteiger partial charge < -0.3 is 4.74 Å². The summed E-state index contributed by atoms with van der Waals surface area (Å²) in [5.74, 6) is 0.572. The summed E-state index contributed by atoms with van der Waals surface area (Å²) in [7, 11) is 0. The quantitative estimate of drug-likeness (QED) is 0.239. The minimum absolute atomic E-state index is 0.0583. The summed E-state index contributed by atoms with van der Waals surface area (Å²) in [6.45, 7) is 4.70. The van der Waals surface area contributed by atoms with Crippen LogP contribution in [-0.2, 0) is 16.8 Å². The van der Waals surface area contributed by atoms with Crippen molar-refractivity contribution in [2.24, 2.45) is 11.0 Å². The fraction of sp³-hybridized carbons (Fsp3) is 0.188. The van der Waals surface area contributed by atoms with Crippen LogP contribution in [0.3, 0.4) is 0 Å². The monoisotopic (exact) mass is 474 g/mol. The van der Waals surface area contributed by atoms with E-state index in [2.05, 4.69) is 72.9 Å². The first-order valence-corrected chi connectivity index (χ1v) is 12.3. The smallest absolute Gasteiger partial charge is 0.244 e. The van der Waals surface area contributed by atoms with Gasteiger partial charge in [-0.3, -0.25) is 4.79 Å². The average molecular weight is 475 g/mol. The molecule has 0 bridgehead atoms. The third kappa shape index (κ3) is 5.08. The Bertz CT molecular complexity index is 1330. The summed E-state index contributed by atoms with van der Waals surface area (Å²) < 4.78 is 5.84. The van der Waals surface area contributed by atoms with Gasteiger partial charge in [-0.15, -0.1) is 0 Å². The van der Waals surface area contributed by atoms with Gasteiger partial charge >= 0.3 is 0 Å². The SMILES string of the molecule is Cc1cccc(C2(c3cccc(C)c3)C[C@@H]2C(=O)N/N=C\c2ccc(OCc3ccccc3)cc2)c1. The maximum absolute atomic E-state index is 13.2. The van der Waals surface area contributed by atoms with Gasteiger partial charge in [-0.25, -0.2) is 5.43 Å². The number of aryl methyl sites for hydroxylation is 2. The first-order valence-electron chi connectivity index (χ1n) is 12.3. The molecule has 0 aromatic heterocycles. The van der Waals surface area contributed by atoms with E-state index >= 15 is 0 Å². The first kappa shape index (κ1) is 23.6. The molecule has 0 unspecified atom stereocenters. The van der Waals surface area contributed by atoms with Crippen molar-refractivity contribution >= 4 is 12.1 Å². The first-order chi connectivity index (χ1) is 17.5. The van der Waals surface area contributed by atoms with E-state index in [0.717, 1.165) is 23.3 Å². The highest BCUT2D eigenvalue weighted by Crippen LogP contribution is 2.59. The molecule has 1 aliphatic carbocycles. The minimum Gasteiger partial charge on any atom is -0.489 e. The number of benzene rings is 4. The van der Waals surface area contributed by atoms with Crippen LogP contribution in [0.2, 0.25) is 0 Å². The second-order valence-electron chi connectivity index (χ2n) is 9.54. The largest absolute Gasteiger partial charge is 0.489 e. The zero-order valence-corrected chi connectivity index (χ0v) is 20.6. The maximum atomic E-state index is 13.2. The van der Waals surface area contributed by atoms with Crippen LogP contribution >= 0.6 is 0 Å². The summed E-state index contributed by atoms with van der Waals surface area (Å²) in [5.41, 5.74) is 9.24. The second-order valence-corrected chi connectivity index (χ2v) is 9.54. The molecule has 0 radical (unpaired) electrons. The number of amides is 1. The van der Waals surface area contributed by atoms with Crippen LogP contribution in [-0.4, -0.2) is 12.1 Å². The van der Waals surface area contributed by atoms with E-state index in [4.69, 9.17) is 4.74 Å². The van der Waals surface area contributed by atoms with Gasteiger partial charge in [0.1, 0.15) is 12.4 Å². The molecule has 1 saturated carbocycles. The van der Waals surface area contributed by atoms with E-state index in [0.29, 0.717) is 6.61 Å². The van der Waals surface area contributed by atoms with Crippen LogP contribution < -0.4 is 10.2 Å². The van der Waals surface area contributed by atoms with Crippen molar-refractivity contribution in [2.45, 2.75) is 32.3 Å². The van der Waals surface area contributed by atoms with Gasteiger partial charge in [0.2, 0.25) is 5.91 Å². The number of carbonyl (C=O) groups is 1. The van der Waals surface area contributed by atoms with Gasteiger partial charge in [0.05, 0.1) is 12.1 Å². The maximum Gasteiger partial charge on any atom is 0.244 e. The summed E-state index contributed by atoms with van der Waals surface area (Å²) in [4.78, 5) is 13.2. The lowest BCUT2D eigenvalue weighted by molar-refractivity contribution is -0.122. The number of nitrogens with one attached hydrogen (secondary N) is 1. The highest BCUT2D eigenvalue weighted by Gasteiger charge is 2.60. The van der Waals surface area contributed by atoms with Gasteiger partial charge in [-0.05, 0) is 66.8 Å². The van der Waals surface area contributed by atoms with E-state index in [1.54, 1.807) is 6.21 Å². The van der Waals surface area contributed by atoms with Crippen LogP contribution in [0.1, 0.15) is 39.8 Å². The molecule has 1 aliphatic rings. The molecule has 0 saturated heterocycles. The Balaban J connectivity index is 1.24. The Kier molecular flexibility index (Phi) is 6.68. The van der Waals surface area contributed by atoms with Gasteiger partial charge in [0, 0.05) is 5.41 Å². The molecule has 0 spiro atoms. The molecule has 4 heteroatoms. The second kappa shape index (κ2) is 10.2. The van der Waals surface area contributed by atoms with Crippen molar-refractivity contribution in [2.75, 3.05) is 0 Å². The zero-order chi connectivity index (χ0) is 25.0. The number of nitrogens with zero attached hydrogens (tertiary/aromatic N) is 1. The lowest BCUT2D eigenvalue weighted by Crippen LogP contribution is -2.25. The van der Waals surface area contributed by atoms with Crippen molar-refractivity contribution in [1.82, 2.24) is 5.43 Å². The van der Waals surface area contributed by atoms with Gasteiger partial charge in [0.15, 0.2) is 0 Å². The summed E-state index contributed by atoms with van der Waals surface area (Å²) >= 11 is 0. The molecule has 4 aromatic carbocycles. The minimum atomic E-state index is -0.310. The summed E-state index contributed by atoms with van der Waals surface area (Å²) in [5, 5.41) is 4.25. The molecule has 0 aliphatic heterocycles. The van der Waals surface area contributed by atoms with Crippen LogP contribution in [0.5, 0.6) is 5.75 Å². The van der Waals surface area contributed by atoms with Crippen molar-refractivity contribution in [3.8, 4) is 5.75 Å². The molecular formula is C32H30N2O2. The highest BCUT2D eigenvalue weighted by molar-refractivity contribution is 5.87. The van der Waals surface area contributed by atoms with Crippen molar-refractivity contribution in [1.29, 1.82) is 0 Å². The highest BCUT2D eigenvalue weighted by atomic mass is 16.5. The predicted octanol–water partition coefficient (Wildman–Crippen LogP) is 6.34. The number of hydrogen-bond acceptors (Lipinski definition) is 3. The summed E-state index contributed by atoms with van der Waals surface area (Å²) in [6.07, 6.45) is 2.44. The molecule has 4 aromatic rings. The normalized spacial score (nSPS) is 16.0. The third-order valence-corrected chi connectivity index (χ3v) is 6.86. The van der Waals surface area contributed by atoms with Gasteiger partial charge in [-0.1, -0.05) is 90.0 Å². The van der Waals surface area contributed by atoms with Gasteiger partial charge in [0.25, 0.3) is 0 Å². The number of hydrazone groups is 1. The molecule has 1 amide bonds. The molecule has 5 rings (SSSR count). The van der Waals surface area contributed by atoms with E-state index < -0.39 is 0 Å².